The van der Waals surface area contributed by atoms with E-state index in [4.69, 9.17) is 0 Å². The van der Waals surface area contributed by atoms with Crippen LogP contribution in [0.5, 0.6) is 0 Å². The van der Waals surface area contributed by atoms with Gasteiger partial charge in [-0.1, -0.05) is 23.0 Å². The Morgan fingerprint density at radius 1 is 0.957 bits per heavy atom. The van der Waals surface area contributed by atoms with Crippen molar-refractivity contribution in [2.24, 2.45) is 0 Å². The number of aryl methyl sites for hydroxylation is 2. The third kappa shape index (κ3) is 2.23. The molecule has 2 nitrogen and oxygen atoms in total. The largest absolute Gasteiger partial charge is 0.454 e. The minimum atomic E-state index is 0.558. The van der Waals surface area contributed by atoms with E-state index < -0.39 is 0 Å². The average molecular weight is 308 g/mol. The summed E-state index contributed by atoms with van der Waals surface area (Å²) in [6, 6.07) is 4.49. The Labute approximate surface area is 140 Å². The highest BCUT2D eigenvalue weighted by Crippen LogP contribution is 2.34. The van der Waals surface area contributed by atoms with Gasteiger partial charge >= 0.3 is 5.82 Å². The van der Waals surface area contributed by atoms with Crippen LogP contribution in [0.15, 0.2) is 30.1 Å². The Bertz CT molecular complexity index is 824. The zero-order chi connectivity index (χ0) is 16.9. The monoisotopic (exact) mass is 308 g/mol. The molecule has 0 aliphatic carbocycles. The van der Waals surface area contributed by atoms with Crippen molar-refractivity contribution in [3.05, 3.63) is 58.2 Å². The zero-order valence-electron chi connectivity index (χ0n) is 15.5. The first-order chi connectivity index (χ1) is 10.9. The molecule has 0 N–H and O–H groups in total. The van der Waals surface area contributed by atoms with E-state index in [1.165, 1.54) is 45.0 Å². The van der Waals surface area contributed by atoms with E-state index in [0.29, 0.717) is 5.92 Å². The summed E-state index contributed by atoms with van der Waals surface area (Å²) in [4.78, 5) is 0. The van der Waals surface area contributed by atoms with Gasteiger partial charge in [-0.25, -0.2) is 0 Å². The number of nitrogens with zero attached hydrogens (tertiary/aromatic N) is 2. The van der Waals surface area contributed by atoms with E-state index in [1.54, 1.807) is 0 Å². The maximum atomic E-state index is 2.39. The predicted molar refractivity (Wildman–Crippen MR) is 94.1 cm³/mol. The van der Waals surface area contributed by atoms with Crippen molar-refractivity contribution in [3.8, 4) is 11.4 Å². The number of pyridine rings is 2. The fourth-order valence-electron chi connectivity index (χ4n) is 3.73. The Morgan fingerprint density at radius 2 is 1.52 bits per heavy atom. The predicted octanol–water partition coefficient (Wildman–Crippen LogP) is 4.25. The van der Waals surface area contributed by atoms with Gasteiger partial charge in [0.15, 0.2) is 12.4 Å². The second-order valence-electron chi connectivity index (χ2n) is 7.11. The number of fused-ring (bicyclic) bond motifs is 3. The molecule has 1 unspecified atom stereocenters. The highest BCUT2D eigenvalue weighted by Gasteiger charge is 2.46. The van der Waals surface area contributed by atoms with Crippen LogP contribution in [0.3, 0.4) is 0 Å². The van der Waals surface area contributed by atoms with Crippen molar-refractivity contribution in [1.82, 2.24) is 0 Å². The summed E-state index contributed by atoms with van der Waals surface area (Å²) in [5, 5.41) is 0. The number of aromatic nitrogens is 2. The normalized spacial score (nSPS) is 13.8. The van der Waals surface area contributed by atoms with Crippen LogP contribution in [0.2, 0.25) is 0 Å². The number of hydrogen-bond acceptors (Lipinski definition) is 0. The van der Waals surface area contributed by atoms with E-state index in [9.17, 15) is 0 Å². The van der Waals surface area contributed by atoms with Crippen LogP contribution in [-0.2, 0) is 0 Å². The standard InChI is InChI=1S/C21H28N2/c1-8-14(4)18-16(6)10-12-23-20(18)19-17(7)15(5)9-11-22(19)21(23)13(2)3/h9-12,14H,8H2,1-7H3/q+2. The summed E-state index contributed by atoms with van der Waals surface area (Å²) in [7, 11) is 0. The number of allylic oxidation sites excluding steroid dienone is 1. The van der Waals surface area contributed by atoms with Gasteiger partial charge in [-0.3, -0.25) is 0 Å². The third-order valence-electron chi connectivity index (χ3n) is 5.29. The van der Waals surface area contributed by atoms with E-state index in [0.717, 1.165) is 6.42 Å². The van der Waals surface area contributed by atoms with Gasteiger partial charge in [-0.05, 0) is 58.1 Å². The highest BCUT2D eigenvalue weighted by atomic mass is 15.2. The van der Waals surface area contributed by atoms with Gasteiger partial charge in [0.05, 0.1) is 5.57 Å². The van der Waals surface area contributed by atoms with Gasteiger partial charge in [-0.2, -0.15) is 0 Å². The molecule has 120 valence electrons. The molecule has 0 saturated carbocycles. The topological polar surface area (TPSA) is 7.76 Å². The van der Waals surface area contributed by atoms with Gasteiger partial charge in [0.2, 0.25) is 0 Å². The smallest absolute Gasteiger partial charge is 0.0971 e. The minimum Gasteiger partial charge on any atom is -0.0971 e. The Balaban J connectivity index is 2.50. The van der Waals surface area contributed by atoms with Gasteiger partial charge in [0.25, 0.3) is 11.4 Å². The lowest BCUT2D eigenvalue weighted by molar-refractivity contribution is -0.799. The molecular formula is C21H28N2+2. The molecule has 2 heteroatoms. The van der Waals surface area contributed by atoms with Crippen molar-refractivity contribution in [2.75, 3.05) is 0 Å². The summed E-state index contributed by atoms with van der Waals surface area (Å²) in [5.41, 5.74) is 9.71. The maximum absolute atomic E-state index is 2.39. The lowest BCUT2D eigenvalue weighted by Crippen LogP contribution is -2.48. The molecule has 0 bridgehead atoms. The molecule has 0 amide bonds. The fraction of sp³-hybridized carbons (Fsp3) is 0.429. The first-order valence-electron chi connectivity index (χ1n) is 8.64. The number of rotatable bonds is 2. The first kappa shape index (κ1) is 15.9. The third-order valence-corrected chi connectivity index (χ3v) is 5.29. The molecule has 0 radical (unpaired) electrons. The summed E-state index contributed by atoms with van der Waals surface area (Å²) >= 11 is 0. The second-order valence-corrected chi connectivity index (χ2v) is 7.11. The summed E-state index contributed by atoms with van der Waals surface area (Å²) in [6.07, 6.45) is 5.62. The molecule has 0 saturated heterocycles. The van der Waals surface area contributed by atoms with Crippen molar-refractivity contribution >= 4 is 0 Å². The average Bonchev–Trinajstić information content (AvgIpc) is 2.85. The highest BCUT2D eigenvalue weighted by molar-refractivity contribution is 5.62. The number of hydrogen-bond donors (Lipinski definition) is 0. The molecule has 1 aliphatic rings. The molecule has 0 aromatic carbocycles. The zero-order valence-corrected chi connectivity index (χ0v) is 15.5. The van der Waals surface area contributed by atoms with Gasteiger partial charge < -0.3 is 0 Å². The van der Waals surface area contributed by atoms with Crippen molar-refractivity contribution in [1.29, 1.82) is 0 Å². The van der Waals surface area contributed by atoms with Crippen LogP contribution in [0.4, 0.5) is 0 Å². The second kappa shape index (κ2) is 5.59. The fourth-order valence-corrected chi connectivity index (χ4v) is 3.73. The first-order valence-corrected chi connectivity index (χ1v) is 8.64. The van der Waals surface area contributed by atoms with Crippen LogP contribution in [-0.4, -0.2) is 0 Å². The SMILES string of the molecule is CCC(C)c1c(C)cc[n+]2c1-c1c(C)c(C)cc[n+]1C2=C(C)C. The molecule has 0 spiro atoms. The van der Waals surface area contributed by atoms with Gasteiger partial charge in [-0.15, -0.1) is 0 Å². The van der Waals surface area contributed by atoms with E-state index in [1.807, 2.05) is 0 Å². The van der Waals surface area contributed by atoms with Gasteiger partial charge in [0.1, 0.15) is 0 Å². The summed E-state index contributed by atoms with van der Waals surface area (Å²) < 4.78 is 4.77. The molecule has 0 fully saturated rings. The Morgan fingerprint density at radius 3 is 2.09 bits per heavy atom. The molecule has 1 atom stereocenters. The quantitative estimate of drug-likeness (QED) is 0.625. The lowest BCUT2D eigenvalue weighted by Gasteiger charge is -2.12. The molecule has 2 aromatic rings. The maximum Gasteiger partial charge on any atom is 0.454 e. The lowest BCUT2D eigenvalue weighted by atomic mass is 9.90. The van der Waals surface area contributed by atoms with E-state index >= 15 is 0 Å². The molecule has 2 aromatic heterocycles. The van der Waals surface area contributed by atoms with E-state index in [-0.39, 0.29) is 0 Å². The van der Waals surface area contributed by atoms with Crippen LogP contribution < -0.4 is 9.13 Å². The van der Waals surface area contributed by atoms with Crippen molar-refractivity contribution in [2.45, 2.75) is 60.8 Å². The van der Waals surface area contributed by atoms with Crippen LogP contribution in [0.25, 0.3) is 11.4 Å². The molecular weight excluding hydrogens is 280 g/mol. The summed E-state index contributed by atoms with van der Waals surface area (Å²) in [6.45, 7) is 15.7. The van der Waals surface area contributed by atoms with Crippen LogP contribution >= 0.6 is 0 Å². The summed E-state index contributed by atoms with van der Waals surface area (Å²) in [5.74, 6) is 1.84. The Kier molecular flexibility index (Phi) is 3.87. The van der Waals surface area contributed by atoms with E-state index in [2.05, 4.69) is 82.1 Å². The van der Waals surface area contributed by atoms with Crippen molar-refractivity contribution < 1.29 is 9.13 Å². The van der Waals surface area contributed by atoms with Gasteiger partial charge in [0, 0.05) is 23.3 Å². The van der Waals surface area contributed by atoms with Crippen molar-refractivity contribution in [3.63, 3.8) is 0 Å². The molecule has 23 heavy (non-hydrogen) atoms. The molecule has 3 rings (SSSR count). The molecule has 3 heterocycles. The van der Waals surface area contributed by atoms with Crippen LogP contribution in [0.1, 0.15) is 62.3 Å². The molecule has 1 aliphatic heterocycles. The minimum absolute atomic E-state index is 0.558. The van der Waals surface area contributed by atoms with Crippen LogP contribution in [0, 0.1) is 26.6 Å². The Hall–Kier alpha value is -1.96.